The van der Waals surface area contributed by atoms with E-state index in [0.29, 0.717) is 31.7 Å². The van der Waals surface area contributed by atoms with Crippen LogP contribution in [0.5, 0.6) is 0 Å². The lowest BCUT2D eigenvalue weighted by atomic mass is 10.1. The number of pyridine rings is 1. The van der Waals surface area contributed by atoms with E-state index in [1.807, 2.05) is 22.8 Å². The zero-order valence-corrected chi connectivity index (χ0v) is 14.8. The molecule has 0 aliphatic carbocycles. The molecule has 6 nitrogen and oxygen atoms in total. The fraction of sp³-hybridized carbons (Fsp3) is 0.250. The van der Waals surface area contributed by atoms with Gasteiger partial charge in [0.1, 0.15) is 11.9 Å². The van der Waals surface area contributed by atoms with Crippen molar-refractivity contribution in [2.75, 3.05) is 6.54 Å². The maximum Gasteiger partial charge on any atom is 0.244 e. The third-order valence-corrected chi connectivity index (χ3v) is 4.74. The van der Waals surface area contributed by atoms with Gasteiger partial charge >= 0.3 is 0 Å². The highest BCUT2D eigenvalue weighted by Crippen LogP contribution is 2.23. The summed E-state index contributed by atoms with van der Waals surface area (Å²) in [6.45, 7) is 1.99. The molecule has 0 saturated carbocycles. The number of rotatable bonds is 5. The average Bonchev–Trinajstić information content (AvgIpc) is 3.17. The molecule has 138 valence electrons. The molecule has 1 aliphatic rings. The van der Waals surface area contributed by atoms with E-state index in [4.69, 9.17) is 0 Å². The highest BCUT2D eigenvalue weighted by Gasteiger charge is 2.30. The lowest BCUT2D eigenvalue weighted by molar-refractivity contribution is -0.125. The van der Waals surface area contributed by atoms with Crippen molar-refractivity contribution in [2.24, 2.45) is 0 Å². The second kappa shape index (κ2) is 7.67. The first-order chi connectivity index (χ1) is 13.2. The van der Waals surface area contributed by atoms with Gasteiger partial charge in [0.05, 0.1) is 12.0 Å². The van der Waals surface area contributed by atoms with Gasteiger partial charge < -0.3 is 9.88 Å². The van der Waals surface area contributed by atoms with Crippen LogP contribution in [0, 0.1) is 5.82 Å². The van der Waals surface area contributed by atoms with Gasteiger partial charge in [0.25, 0.3) is 0 Å². The molecule has 1 atom stereocenters. The van der Waals surface area contributed by atoms with Gasteiger partial charge in [-0.2, -0.15) is 0 Å². The molecule has 7 heteroatoms. The fourth-order valence-corrected chi connectivity index (χ4v) is 3.37. The number of hydrogen-bond donors (Lipinski definition) is 1. The Hall–Kier alpha value is -3.06. The lowest BCUT2D eigenvalue weighted by Crippen LogP contribution is -2.44. The van der Waals surface area contributed by atoms with Crippen LogP contribution < -0.4 is 5.32 Å². The molecule has 0 saturated heterocycles. The van der Waals surface area contributed by atoms with Crippen LogP contribution in [0.15, 0.2) is 61.3 Å². The van der Waals surface area contributed by atoms with E-state index in [-0.39, 0.29) is 11.7 Å². The molecule has 0 bridgehead atoms. The molecule has 1 unspecified atom stereocenters. The van der Waals surface area contributed by atoms with Crippen molar-refractivity contribution in [3.05, 3.63) is 84.0 Å². The van der Waals surface area contributed by atoms with Gasteiger partial charge in [-0.1, -0.05) is 24.3 Å². The van der Waals surface area contributed by atoms with Crippen LogP contribution in [-0.4, -0.2) is 31.9 Å². The van der Waals surface area contributed by atoms with Crippen LogP contribution in [0.3, 0.4) is 0 Å². The van der Waals surface area contributed by atoms with E-state index in [2.05, 4.69) is 20.2 Å². The van der Waals surface area contributed by atoms with E-state index in [1.165, 1.54) is 6.07 Å². The number of nitrogens with one attached hydrogen (secondary N) is 1. The maximum atomic E-state index is 14.0. The Balaban J connectivity index is 1.48. The number of aromatic nitrogens is 3. The van der Waals surface area contributed by atoms with Crippen LogP contribution in [0.2, 0.25) is 0 Å². The smallest absolute Gasteiger partial charge is 0.244 e. The van der Waals surface area contributed by atoms with Gasteiger partial charge in [-0.25, -0.2) is 9.37 Å². The number of carbonyl (C=O) groups excluding carboxylic acids is 1. The predicted molar refractivity (Wildman–Crippen MR) is 97.9 cm³/mol. The second-order valence-electron chi connectivity index (χ2n) is 6.65. The molecule has 3 heterocycles. The number of nitrogens with zero attached hydrogens (tertiary/aromatic N) is 4. The van der Waals surface area contributed by atoms with E-state index in [9.17, 15) is 9.18 Å². The number of amides is 1. The predicted octanol–water partition coefficient (Wildman–Crippen LogP) is 2.29. The van der Waals surface area contributed by atoms with Crippen LogP contribution in [-0.2, 0) is 24.4 Å². The minimum absolute atomic E-state index is 0.0867. The molecule has 27 heavy (non-hydrogen) atoms. The number of benzene rings is 1. The summed E-state index contributed by atoms with van der Waals surface area (Å²) in [4.78, 5) is 23.1. The van der Waals surface area contributed by atoms with Crippen LogP contribution in [0.4, 0.5) is 4.39 Å². The third kappa shape index (κ3) is 3.88. The van der Waals surface area contributed by atoms with Crippen molar-refractivity contribution in [2.45, 2.75) is 25.7 Å². The van der Waals surface area contributed by atoms with E-state index in [0.717, 1.165) is 11.3 Å². The van der Waals surface area contributed by atoms with Gasteiger partial charge in [0.15, 0.2) is 0 Å². The van der Waals surface area contributed by atoms with Crippen molar-refractivity contribution in [1.29, 1.82) is 0 Å². The molecule has 1 amide bonds. The summed E-state index contributed by atoms with van der Waals surface area (Å²) < 4.78 is 15.9. The molecule has 0 fully saturated rings. The van der Waals surface area contributed by atoms with Gasteiger partial charge in [-0.05, 0) is 17.7 Å². The summed E-state index contributed by atoms with van der Waals surface area (Å²) in [7, 11) is 0. The Morgan fingerprint density at radius 3 is 2.89 bits per heavy atom. The Bertz CT molecular complexity index is 927. The molecule has 0 radical (unpaired) electrons. The molecule has 1 N–H and O–H groups in total. The van der Waals surface area contributed by atoms with Crippen LogP contribution >= 0.6 is 0 Å². The molecular weight excluding hydrogens is 345 g/mol. The molecule has 3 aromatic rings. The maximum absolute atomic E-state index is 14.0. The number of hydrogen-bond acceptors (Lipinski definition) is 4. The number of halogens is 1. The van der Waals surface area contributed by atoms with Crippen molar-refractivity contribution in [3.63, 3.8) is 0 Å². The average molecular weight is 365 g/mol. The minimum atomic E-state index is -0.403. The van der Waals surface area contributed by atoms with Gasteiger partial charge in [-0.15, -0.1) is 0 Å². The van der Waals surface area contributed by atoms with E-state index in [1.54, 1.807) is 37.1 Å². The van der Waals surface area contributed by atoms with Crippen molar-refractivity contribution < 1.29 is 9.18 Å². The quantitative estimate of drug-likeness (QED) is 0.754. The SMILES string of the molecule is O=C(NCc1cccnc1)C1CN(Cc2ccccc2F)Cc2cncn21. The minimum Gasteiger partial charge on any atom is -0.350 e. The van der Waals surface area contributed by atoms with Gasteiger partial charge in [-0.3, -0.25) is 14.7 Å². The Morgan fingerprint density at radius 2 is 2.07 bits per heavy atom. The fourth-order valence-electron chi connectivity index (χ4n) is 3.37. The molecule has 1 aliphatic heterocycles. The normalized spacial score (nSPS) is 16.7. The zero-order valence-electron chi connectivity index (χ0n) is 14.8. The summed E-state index contributed by atoms with van der Waals surface area (Å²) in [6, 6.07) is 10.1. The molecular formula is C20H20FN5O. The second-order valence-corrected chi connectivity index (χ2v) is 6.65. The van der Waals surface area contributed by atoms with Crippen molar-refractivity contribution in [3.8, 4) is 0 Å². The lowest BCUT2D eigenvalue weighted by Gasteiger charge is -2.33. The standard InChI is InChI=1S/C20H20FN5O/c21-18-6-2-1-5-16(18)11-25-12-17-10-23-14-26(17)19(13-25)20(27)24-9-15-4-3-7-22-8-15/h1-8,10,14,19H,9,11-13H2,(H,24,27). The van der Waals surface area contributed by atoms with Crippen molar-refractivity contribution in [1.82, 2.24) is 24.8 Å². The first-order valence-electron chi connectivity index (χ1n) is 8.84. The molecule has 2 aromatic heterocycles. The Labute approximate surface area is 156 Å². The summed E-state index contributed by atoms with van der Waals surface area (Å²) >= 11 is 0. The monoisotopic (exact) mass is 365 g/mol. The third-order valence-electron chi connectivity index (χ3n) is 4.74. The number of imidazole rings is 1. The first kappa shape index (κ1) is 17.4. The van der Waals surface area contributed by atoms with E-state index >= 15 is 0 Å². The van der Waals surface area contributed by atoms with Crippen LogP contribution in [0.1, 0.15) is 22.9 Å². The van der Waals surface area contributed by atoms with Gasteiger partial charge in [0.2, 0.25) is 5.91 Å². The van der Waals surface area contributed by atoms with Gasteiger partial charge in [0, 0.05) is 50.3 Å². The Morgan fingerprint density at radius 1 is 1.19 bits per heavy atom. The topological polar surface area (TPSA) is 63.1 Å². The first-order valence-corrected chi connectivity index (χ1v) is 8.84. The summed E-state index contributed by atoms with van der Waals surface area (Å²) in [5, 5.41) is 2.97. The highest BCUT2D eigenvalue weighted by molar-refractivity contribution is 5.80. The van der Waals surface area contributed by atoms with Crippen molar-refractivity contribution >= 4 is 5.91 Å². The molecule has 0 spiro atoms. The Kier molecular flexibility index (Phi) is 4.93. The largest absolute Gasteiger partial charge is 0.350 e. The summed E-state index contributed by atoms with van der Waals surface area (Å²) in [6.07, 6.45) is 6.87. The number of fused-ring (bicyclic) bond motifs is 1. The number of carbonyl (C=O) groups is 1. The summed E-state index contributed by atoms with van der Waals surface area (Å²) in [5.74, 6) is -0.314. The molecule has 1 aromatic carbocycles. The molecule has 4 rings (SSSR count). The zero-order chi connectivity index (χ0) is 18.6. The summed E-state index contributed by atoms with van der Waals surface area (Å²) in [5.41, 5.74) is 2.51. The highest BCUT2D eigenvalue weighted by atomic mass is 19.1. The van der Waals surface area contributed by atoms with E-state index < -0.39 is 6.04 Å². The van der Waals surface area contributed by atoms with Crippen LogP contribution in [0.25, 0.3) is 0 Å².